The van der Waals surface area contributed by atoms with Gasteiger partial charge >= 0.3 is 5.97 Å². The van der Waals surface area contributed by atoms with E-state index in [9.17, 15) is 4.79 Å². The third-order valence-corrected chi connectivity index (χ3v) is 3.23. The van der Waals surface area contributed by atoms with Crippen LogP contribution in [0.15, 0.2) is 48.5 Å². The molecule has 0 saturated carbocycles. The summed E-state index contributed by atoms with van der Waals surface area (Å²) in [6, 6.07) is 13.0. The van der Waals surface area contributed by atoms with Crippen molar-refractivity contribution in [2.24, 2.45) is 0 Å². The standard InChI is InChI=1S/C17H15ClO3/c1-12-5-7-14(16(18)9-12)11-21-15-4-2-3-13(10-15)6-8-17(19)20/h2-10H,11H2,1H3,(H,19,20)/b8-6+. The Bertz CT molecular complexity index is 677. The number of halogens is 1. The molecule has 0 bridgehead atoms. The van der Waals surface area contributed by atoms with Gasteiger partial charge in [0.15, 0.2) is 0 Å². The molecule has 3 nitrogen and oxygen atoms in total. The lowest BCUT2D eigenvalue weighted by Crippen LogP contribution is -1.96. The Hall–Kier alpha value is -2.26. The van der Waals surface area contributed by atoms with E-state index in [1.54, 1.807) is 6.07 Å². The molecule has 0 aromatic heterocycles. The summed E-state index contributed by atoms with van der Waals surface area (Å²) in [6.07, 6.45) is 2.62. The number of carboxylic acid groups (broad SMARTS) is 1. The average Bonchev–Trinajstić information content (AvgIpc) is 2.45. The lowest BCUT2D eigenvalue weighted by molar-refractivity contribution is -0.131. The van der Waals surface area contributed by atoms with Crippen LogP contribution in [-0.2, 0) is 11.4 Å². The van der Waals surface area contributed by atoms with E-state index in [4.69, 9.17) is 21.4 Å². The Morgan fingerprint density at radius 1 is 1.29 bits per heavy atom. The Morgan fingerprint density at radius 3 is 2.81 bits per heavy atom. The van der Waals surface area contributed by atoms with Gasteiger partial charge in [-0.15, -0.1) is 0 Å². The lowest BCUT2D eigenvalue weighted by atomic mass is 10.1. The third kappa shape index (κ3) is 4.65. The monoisotopic (exact) mass is 302 g/mol. The van der Waals surface area contributed by atoms with Crippen LogP contribution in [0, 0.1) is 6.92 Å². The van der Waals surface area contributed by atoms with Gasteiger partial charge in [-0.05, 0) is 42.3 Å². The highest BCUT2D eigenvalue weighted by Crippen LogP contribution is 2.21. The quantitative estimate of drug-likeness (QED) is 0.836. The number of benzene rings is 2. The van der Waals surface area contributed by atoms with Crippen molar-refractivity contribution in [2.45, 2.75) is 13.5 Å². The van der Waals surface area contributed by atoms with Crippen LogP contribution in [0.3, 0.4) is 0 Å². The summed E-state index contributed by atoms with van der Waals surface area (Å²) in [4.78, 5) is 10.5. The zero-order valence-corrected chi connectivity index (χ0v) is 12.3. The van der Waals surface area contributed by atoms with Crippen LogP contribution in [0.1, 0.15) is 16.7 Å². The molecule has 0 amide bonds. The molecule has 0 saturated heterocycles. The second-order valence-corrected chi connectivity index (χ2v) is 5.03. The molecule has 0 fully saturated rings. The van der Waals surface area contributed by atoms with Gasteiger partial charge in [-0.1, -0.05) is 35.9 Å². The number of hydrogen-bond donors (Lipinski definition) is 1. The molecular weight excluding hydrogens is 288 g/mol. The number of carboxylic acids is 1. The zero-order valence-electron chi connectivity index (χ0n) is 11.5. The van der Waals surface area contributed by atoms with Crippen LogP contribution in [-0.4, -0.2) is 11.1 Å². The molecule has 0 atom stereocenters. The Labute approximate surface area is 128 Å². The van der Waals surface area contributed by atoms with Crippen LogP contribution >= 0.6 is 11.6 Å². The topological polar surface area (TPSA) is 46.5 Å². The summed E-state index contributed by atoms with van der Waals surface area (Å²) in [5.41, 5.74) is 2.78. The van der Waals surface area contributed by atoms with Crippen molar-refractivity contribution in [1.82, 2.24) is 0 Å². The highest BCUT2D eigenvalue weighted by Gasteiger charge is 2.02. The summed E-state index contributed by atoms with van der Waals surface area (Å²) in [5, 5.41) is 9.29. The Morgan fingerprint density at radius 2 is 2.10 bits per heavy atom. The van der Waals surface area contributed by atoms with Gasteiger partial charge in [0.25, 0.3) is 0 Å². The molecule has 21 heavy (non-hydrogen) atoms. The van der Waals surface area contributed by atoms with Crippen LogP contribution in [0.5, 0.6) is 5.75 Å². The van der Waals surface area contributed by atoms with Gasteiger partial charge in [0, 0.05) is 16.7 Å². The summed E-state index contributed by atoms with van der Waals surface area (Å²) in [6.45, 7) is 2.35. The first-order valence-corrected chi connectivity index (χ1v) is 6.81. The number of aryl methyl sites for hydroxylation is 1. The van der Waals surface area contributed by atoms with E-state index < -0.39 is 5.97 Å². The highest BCUT2D eigenvalue weighted by molar-refractivity contribution is 6.31. The maximum atomic E-state index is 10.5. The summed E-state index contributed by atoms with van der Waals surface area (Å²) in [7, 11) is 0. The van der Waals surface area contributed by atoms with Crippen LogP contribution in [0.2, 0.25) is 5.02 Å². The SMILES string of the molecule is Cc1ccc(COc2cccc(/C=C/C(=O)O)c2)c(Cl)c1. The third-order valence-electron chi connectivity index (χ3n) is 2.88. The molecule has 0 aliphatic heterocycles. The van der Waals surface area contributed by atoms with Crippen molar-refractivity contribution in [3.8, 4) is 5.75 Å². The minimum atomic E-state index is -0.979. The van der Waals surface area contributed by atoms with Gasteiger partial charge in [0.05, 0.1) is 0 Å². The fourth-order valence-electron chi connectivity index (χ4n) is 1.81. The van der Waals surface area contributed by atoms with Gasteiger partial charge in [-0.2, -0.15) is 0 Å². The van der Waals surface area contributed by atoms with E-state index >= 15 is 0 Å². The first kappa shape index (κ1) is 15.1. The van der Waals surface area contributed by atoms with Gasteiger partial charge in [0.1, 0.15) is 12.4 Å². The normalized spacial score (nSPS) is 10.8. The predicted octanol–water partition coefficient (Wildman–Crippen LogP) is 4.33. The van der Waals surface area contributed by atoms with E-state index in [-0.39, 0.29) is 0 Å². The maximum absolute atomic E-state index is 10.5. The Balaban J connectivity index is 2.06. The van der Waals surface area contributed by atoms with E-state index in [0.29, 0.717) is 17.4 Å². The van der Waals surface area contributed by atoms with E-state index in [0.717, 1.165) is 22.8 Å². The number of rotatable bonds is 5. The summed E-state index contributed by atoms with van der Waals surface area (Å²) in [5.74, 6) is -0.313. The molecule has 2 aromatic carbocycles. The Kier molecular flexibility index (Phi) is 5.01. The van der Waals surface area contributed by atoms with Crippen molar-refractivity contribution in [1.29, 1.82) is 0 Å². The molecule has 0 radical (unpaired) electrons. The maximum Gasteiger partial charge on any atom is 0.328 e. The van der Waals surface area contributed by atoms with E-state index in [2.05, 4.69) is 0 Å². The zero-order chi connectivity index (χ0) is 15.2. The molecule has 2 aromatic rings. The molecule has 0 spiro atoms. The largest absolute Gasteiger partial charge is 0.489 e. The van der Waals surface area contributed by atoms with E-state index in [1.165, 1.54) is 6.08 Å². The van der Waals surface area contributed by atoms with Crippen molar-refractivity contribution >= 4 is 23.6 Å². The molecule has 0 heterocycles. The minimum Gasteiger partial charge on any atom is -0.489 e. The average molecular weight is 303 g/mol. The predicted molar refractivity (Wildman–Crippen MR) is 83.6 cm³/mol. The van der Waals surface area contributed by atoms with E-state index in [1.807, 2.05) is 43.3 Å². The number of ether oxygens (including phenoxy) is 1. The van der Waals surface area contributed by atoms with Gasteiger partial charge in [0.2, 0.25) is 0 Å². The summed E-state index contributed by atoms with van der Waals surface area (Å²) >= 11 is 6.16. The van der Waals surface area contributed by atoms with Crippen molar-refractivity contribution in [3.63, 3.8) is 0 Å². The van der Waals surface area contributed by atoms with Crippen molar-refractivity contribution < 1.29 is 14.6 Å². The smallest absolute Gasteiger partial charge is 0.328 e. The van der Waals surface area contributed by atoms with Crippen molar-refractivity contribution in [3.05, 3.63) is 70.3 Å². The van der Waals surface area contributed by atoms with Crippen molar-refractivity contribution in [2.75, 3.05) is 0 Å². The second-order valence-electron chi connectivity index (χ2n) is 4.63. The minimum absolute atomic E-state index is 0.366. The summed E-state index contributed by atoms with van der Waals surface area (Å²) < 4.78 is 5.69. The second kappa shape index (κ2) is 6.95. The molecule has 108 valence electrons. The van der Waals surface area contributed by atoms with Crippen LogP contribution in [0.25, 0.3) is 6.08 Å². The first-order chi connectivity index (χ1) is 10.0. The molecule has 2 rings (SSSR count). The fourth-order valence-corrected chi connectivity index (χ4v) is 2.10. The van der Waals surface area contributed by atoms with Crippen LogP contribution in [0.4, 0.5) is 0 Å². The van der Waals surface area contributed by atoms with Crippen LogP contribution < -0.4 is 4.74 Å². The molecule has 4 heteroatoms. The first-order valence-electron chi connectivity index (χ1n) is 6.43. The van der Waals surface area contributed by atoms with Gasteiger partial charge < -0.3 is 9.84 Å². The molecule has 1 N–H and O–H groups in total. The highest BCUT2D eigenvalue weighted by atomic mass is 35.5. The van der Waals surface area contributed by atoms with Gasteiger partial charge in [-0.3, -0.25) is 0 Å². The lowest BCUT2D eigenvalue weighted by Gasteiger charge is -2.09. The van der Waals surface area contributed by atoms with Gasteiger partial charge in [-0.25, -0.2) is 4.79 Å². The number of carbonyl (C=O) groups is 1. The molecule has 0 aliphatic rings. The fraction of sp³-hybridized carbons (Fsp3) is 0.118. The number of aliphatic carboxylic acids is 1. The number of hydrogen-bond acceptors (Lipinski definition) is 2. The molecule has 0 aliphatic carbocycles. The molecule has 0 unspecified atom stereocenters. The molecular formula is C17H15ClO3.